The molecule has 148 valence electrons. The Morgan fingerprint density at radius 1 is 1.11 bits per heavy atom. The Morgan fingerprint density at radius 2 is 1.89 bits per heavy atom. The van der Waals surface area contributed by atoms with Crippen LogP contribution < -0.4 is 4.74 Å². The first-order valence-electron chi connectivity index (χ1n) is 10.2. The van der Waals surface area contributed by atoms with Crippen molar-refractivity contribution in [3.05, 3.63) is 65.2 Å². The van der Waals surface area contributed by atoms with E-state index in [0.717, 1.165) is 25.3 Å². The van der Waals surface area contributed by atoms with Gasteiger partial charge in [-0.25, -0.2) is 0 Å². The Morgan fingerprint density at radius 3 is 2.64 bits per heavy atom. The highest BCUT2D eigenvalue weighted by Gasteiger charge is 2.28. The van der Waals surface area contributed by atoms with Crippen LogP contribution >= 0.6 is 0 Å². The lowest BCUT2D eigenvalue weighted by Crippen LogP contribution is -2.43. The van der Waals surface area contributed by atoms with Crippen LogP contribution in [0.3, 0.4) is 0 Å². The average molecular weight is 380 g/mol. The number of nitrogens with zero attached hydrogens (tertiary/aromatic N) is 2. The average Bonchev–Trinajstić information content (AvgIpc) is 2.77. The minimum atomic E-state index is 0.0239. The number of ether oxygens (including phenoxy) is 2. The zero-order valence-corrected chi connectivity index (χ0v) is 16.5. The quantitative estimate of drug-likeness (QED) is 0.800. The van der Waals surface area contributed by atoms with E-state index >= 15 is 0 Å². The number of amides is 1. The predicted octanol–water partition coefficient (Wildman–Crippen LogP) is 2.89. The molecule has 0 aliphatic carbocycles. The molecule has 1 unspecified atom stereocenters. The van der Waals surface area contributed by atoms with Crippen molar-refractivity contribution in [3.8, 4) is 5.75 Å². The van der Waals surface area contributed by atoms with E-state index in [4.69, 9.17) is 9.47 Å². The van der Waals surface area contributed by atoms with Gasteiger partial charge in [-0.3, -0.25) is 9.69 Å². The summed E-state index contributed by atoms with van der Waals surface area (Å²) in [6.45, 7) is 6.85. The zero-order valence-electron chi connectivity index (χ0n) is 16.5. The van der Waals surface area contributed by atoms with Crippen LogP contribution in [0.25, 0.3) is 0 Å². The van der Waals surface area contributed by atoms with Gasteiger partial charge in [-0.15, -0.1) is 0 Å². The van der Waals surface area contributed by atoms with Crippen LogP contribution in [0.2, 0.25) is 0 Å². The fraction of sp³-hybridized carbons (Fsp3) is 0.435. The van der Waals surface area contributed by atoms with E-state index < -0.39 is 0 Å². The molecule has 1 fully saturated rings. The lowest BCUT2D eigenvalue weighted by molar-refractivity contribution is -0.137. The third-order valence-corrected chi connectivity index (χ3v) is 5.69. The molecule has 0 saturated carbocycles. The first kappa shape index (κ1) is 19.0. The van der Waals surface area contributed by atoms with Gasteiger partial charge in [0.1, 0.15) is 5.75 Å². The van der Waals surface area contributed by atoms with E-state index in [9.17, 15) is 4.79 Å². The number of hydrogen-bond acceptors (Lipinski definition) is 4. The second-order valence-corrected chi connectivity index (χ2v) is 7.33. The van der Waals surface area contributed by atoms with Gasteiger partial charge in [0.25, 0.3) is 5.91 Å². The summed E-state index contributed by atoms with van der Waals surface area (Å²) < 4.78 is 11.2. The monoisotopic (exact) mass is 380 g/mol. The van der Waals surface area contributed by atoms with Gasteiger partial charge in [0.2, 0.25) is 0 Å². The van der Waals surface area contributed by atoms with Crippen molar-refractivity contribution in [1.82, 2.24) is 9.80 Å². The molecular weight excluding hydrogens is 352 g/mol. The fourth-order valence-corrected chi connectivity index (χ4v) is 4.15. The molecule has 0 aromatic heterocycles. The number of likely N-dealkylation sites (N-methyl/N-ethyl adjacent to an activating group) is 1. The fourth-order valence-electron chi connectivity index (χ4n) is 4.15. The van der Waals surface area contributed by atoms with Crippen LogP contribution in [-0.4, -0.2) is 61.7 Å². The molecule has 2 heterocycles. The molecule has 2 aliphatic rings. The van der Waals surface area contributed by atoms with Crippen molar-refractivity contribution >= 4 is 5.91 Å². The molecule has 2 aromatic carbocycles. The molecule has 0 bridgehead atoms. The molecular formula is C23H28N2O3. The lowest BCUT2D eigenvalue weighted by atomic mass is 9.88. The van der Waals surface area contributed by atoms with Crippen LogP contribution in [0.15, 0.2) is 48.5 Å². The Hall–Kier alpha value is -2.37. The van der Waals surface area contributed by atoms with Gasteiger partial charge in [0.15, 0.2) is 6.61 Å². The minimum absolute atomic E-state index is 0.0239. The van der Waals surface area contributed by atoms with Gasteiger partial charge in [-0.05, 0) is 41.8 Å². The highest BCUT2D eigenvalue weighted by Crippen LogP contribution is 2.36. The number of carbonyl (C=O) groups excluding carboxylic acids is 1. The van der Waals surface area contributed by atoms with Gasteiger partial charge < -0.3 is 14.4 Å². The van der Waals surface area contributed by atoms with E-state index in [1.54, 1.807) is 0 Å². The third kappa shape index (κ3) is 4.05. The molecule has 1 saturated heterocycles. The van der Waals surface area contributed by atoms with E-state index in [0.29, 0.717) is 26.3 Å². The van der Waals surface area contributed by atoms with Crippen molar-refractivity contribution in [3.63, 3.8) is 0 Å². The summed E-state index contributed by atoms with van der Waals surface area (Å²) in [6.07, 6.45) is 1.04. The van der Waals surface area contributed by atoms with Crippen LogP contribution in [0.5, 0.6) is 5.75 Å². The summed E-state index contributed by atoms with van der Waals surface area (Å²) >= 11 is 0. The molecule has 1 atom stereocenters. The Balaban J connectivity index is 1.53. The minimum Gasteiger partial charge on any atom is -0.484 e. The summed E-state index contributed by atoms with van der Waals surface area (Å²) in [6, 6.07) is 17.1. The van der Waals surface area contributed by atoms with Crippen LogP contribution in [-0.2, 0) is 16.0 Å². The molecule has 0 radical (unpaired) electrons. The lowest BCUT2D eigenvalue weighted by Gasteiger charge is -2.37. The van der Waals surface area contributed by atoms with Gasteiger partial charge in [-0.2, -0.15) is 0 Å². The topological polar surface area (TPSA) is 42.0 Å². The van der Waals surface area contributed by atoms with Gasteiger partial charge in [0, 0.05) is 19.6 Å². The van der Waals surface area contributed by atoms with E-state index in [1.165, 1.54) is 16.7 Å². The maximum atomic E-state index is 12.4. The maximum absolute atomic E-state index is 12.4. The molecule has 0 N–H and O–H groups in total. The summed E-state index contributed by atoms with van der Waals surface area (Å²) in [7, 11) is 0. The highest BCUT2D eigenvalue weighted by atomic mass is 16.5. The Labute approximate surface area is 166 Å². The molecule has 5 nitrogen and oxygen atoms in total. The SMILES string of the molecule is CCN1CCc2ccc(OCC(=O)N3CCOCC3)cc2C1c1ccccc1. The van der Waals surface area contributed by atoms with Crippen molar-refractivity contribution < 1.29 is 14.3 Å². The van der Waals surface area contributed by atoms with Gasteiger partial charge >= 0.3 is 0 Å². The molecule has 5 heteroatoms. The summed E-state index contributed by atoms with van der Waals surface area (Å²) in [5, 5.41) is 0. The Kier molecular flexibility index (Phi) is 5.93. The van der Waals surface area contributed by atoms with Crippen molar-refractivity contribution in [1.29, 1.82) is 0 Å². The Bertz CT molecular complexity index is 803. The maximum Gasteiger partial charge on any atom is 0.260 e. The molecule has 28 heavy (non-hydrogen) atoms. The number of carbonyl (C=O) groups is 1. The standard InChI is InChI=1S/C23H28N2O3/c1-2-24-11-10-18-8-9-20(28-17-22(26)25-12-14-27-15-13-25)16-21(18)23(24)19-6-4-3-5-7-19/h3-9,16,23H,2,10-15,17H2,1H3. The first-order valence-corrected chi connectivity index (χ1v) is 10.2. The van der Waals surface area contributed by atoms with Crippen LogP contribution in [0.4, 0.5) is 0 Å². The third-order valence-electron chi connectivity index (χ3n) is 5.69. The predicted molar refractivity (Wildman–Crippen MR) is 109 cm³/mol. The number of morpholine rings is 1. The van der Waals surface area contributed by atoms with E-state index in [1.807, 2.05) is 11.0 Å². The van der Waals surface area contributed by atoms with Crippen LogP contribution in [0, 0.1) is 0 Å². The van der Waals surface area contributed by atoms with Gasteiger partial charge in [0.05, 0.1) is 19.3 Å². The van der Waals surface area contributed by atoms with Crippen molar-refractivity contribution in [2.45, 2.75) is 19.4 Å². The number of benzene rings is 2. The van der Waals surface area contributed by atoms with Crippen LogP contribution in [0.1, 0.15) is 29.7 Å². The van der Waals surface area contributed by atoms with Gasteiger partial charge in [-0.1, -0.05) is 43.3 Å². The second-order valence-electron chi connectivity index (χ2n) is 7.33. The molecule has 2 aliphatic heterocycles. The number of rotatable bonds is 5. The smallest absolute Gasteiger partial charge is 0.260 e. The zero-order chi connectivity index (χ0) is 19.3. The first-order chi connectivity index (χ1) is 13.8. The summed E-state index contributed by atoms with van der Waals surface area (Å²) in [5.41, 5.74) is 3.95. The number of hydrogen-bond donors (Lipinski definition) is 0. The second kappa shape index (κ2) is 8.76. The molecule has 1 amide bonds. The summed E-state index contributed by atoms with van der Waals surface area (Å²) in [5.74, 6) is 0.787. The molecule has 4 rings (SSSR count). The largest absolute Gasteiger partial charge is 0.484 e. The number of fused-ring (bicyclic) bond motifs is 1. The van der Waals surface area contributed by atoms with Crippen molar-refractivity contribution in [2.75, 3.05) is 46.0 Å². The van der Waals surface area contributed by atoms with E-state index in [-0.39, 0.29) is 18.6 Å². The van der Waals surface area contributed by atoms with E-state index in [2.05, 4.69) is 54.3 Å². The molecule has 0 spiro atoms. The highest BCUT2D eigenvalue weighted by molar-refractivity contribution is 5.77. The van der Waals surface area contributed by atoms with Crippen molar-refractivity contribution in [2.24, 2.45) is 0 Å². The normalized spacial score (nSPS) is 19.9. The molecule has 2 aromatic rings. The summed E-state index contributed by atoms with van der Waals surface area (Å²) in [4.78, 5) is 16.7.